The fourth-order valence-electron chi connectivity index (χ4n) is 1.85. The molecule has 18 heavy (non-hydrogen) atoms. The highest BCUT2D eigenvalue weighted by Crippen LogP contribution is 2.21. The summed E-state index contributed by atoms with van der Waals surface area (Å²) in [6.45, 7) is 4.15. The van der Waals surface area contributed by atoms with Crippen LogP contribution in [-0.2, 0) is 0 Å². The van der Waals surface area contributed by atoms with Gasteiger partial charge in [-0.3, -0.25) is 4.79 Å². The molecule has 0 spiro atoms. The number of nitrogens with zero attached hydrogens (tertiary/aromatic N) is 1. The van der Waals surface area contributed by atoms with Gasteiger partial charge >= 0.3 is 0 Å². The first-order valence-corrected chi connectivity index (χ1v) is 6.21. The van der Waals surface area contributed by atoms with Crippen molar-refractivity contribution in [3.05, 3.63) is 23.8 Å². The maximum absolute atomic E-state index is 12.3. The van der Waals surface area contributed by atoms with Gasteiger partial charge in [-0.2, -0.15) is 0 Å². The lowest BCUT2D eigenvalue weighted by molar-refractivity contribution is 0.0737. The molecule has 1 aromatic rings. The highest BCUT2D eigenvalue weighted by Gasteiger charge is 2.19. The summed E-state index contributed by atoms with van der Waals surface area (Å²) in [5, 5.41) is 0. The highest BCUT2D eigenvalue weighted by atomic mass is 16.5. The third-order valence-corrected chi connectivity index (χ3v) is 3.18. The zero-order valence-electron chi connectivity index (χ0n) is 11.6. The van der Waals surface area contributed by atoms with Gasteiger partial charge in [0, 0.05) is 18.8 Å². The third kappa shape index (κ3) is 3.15. The van der Waals surface area contributed by atoms with Gasteiger partial charge in [0.05, 0.1) is 12.7 Å². The standard InChI is InChI=1S/C14H22N2O2/c1-5-6-10(2)16(3)14(17)12-9-11(18-4)7-8-13(12)15/h7-10H,5-6,15H2,1-4H3. The van der Waals surface area contributed by atoms with E-state index in [9.17, 15) is 4.79 Å². The van der Waals surface area contributed by atoms with Crippen molar-refractivity contribution in [1.82, 2.24) is 4.90 Å². The Morgan fingerprint density at radius 2 is 2.17 bits per heavy atom. The molecule has 0 aliphatic heterocycles. The third-order valence-electron chi connectivity index (χ3n) is 3.18. The van der Waals surface area contributed by atoms with E-state index in [0.717, 1.165) is 12.8 Å². The quantitative estimate of drug-likeness (QED) is 0.817. The van der Waals surface area contributed by atoms with Crippen molar-refractivity contribution in [3.8, 4) is 5.75 Å². The number of hydrogen-bond acceptors (Lipinski definition) is 3. The topological polar surface area (TPSA) is 55.6 Å². The van der Waals surface area contributed by atoms with Crippen LogP contribution in [0.2, 0.25) is 0 Å². The second kappa shape index (κ2) is 6.28. The second-order valence-electron chi connectivity index (χ2n) is 4.51. The summed E-state index contributed by atoms with van der Waals surface area (Å²) >= 11 is 0. The van der Waals surface area contributed by atoms with Crippen LogP contribution in [0.1, 0.15) is 37.0 Å². The molecule has 0 radical (unpaired) electrons. The molecule has 1 unspecified atom stereocenters. The molecule has 0 aliphatic rings. The van der Waals surface area contributed by atoms with Crippen molar-refractivity contribution < 1.29 is 9.53 Å². The number of rotatable bonds is 5. The highest BCUT2D eigenvalue weighted by molar-refractivity contribution is 5.99. The summed E-state index contributed by atoms with van der Waals surface area (Å²) in [5.41, 5.74) is 6.84. The minimum absolute atomic E-state index is 0.0626. The fraction of sp³-hybridized carbons (Fsp3) is 0.500. The summed E-state index contributed by atoms with van der Waals surface area (Å²) in [5.74, 6) is 0.580. The van der Waals surface area contributed by atoms with Crippen LogP contribution in [0.3, 0.4) is 0 Å². The lowest BCUT2D eigenvalue weighted by atomic mass is 10.1. The molecular weight excluding hydrogens is 228 g/mol. The number of amides is 1. The molecule has 4 heteroatoms. The fourth-order valence-corrected chi connectivity index (χ4v) is 1.85. The SMILES string of the molecule is CCCC(C)N(C)C(=O)c1cc(OC)ccc1N. The van der Waals surface area contributed by atoms with Crippen molar-refractivity contribution in [1.29, 1.82) is 0 Å². The average Bonchev–Trinajstić information content (AvgIpc) is 2.38. The Hall–Kier alpha value is -1.71. The molecule has 0 bridgehead atoms. The molecule has 0 saturated heterocycles. The Kier molecular flexibility index (Phi) is 5.01. The van der Waals surface area contributed by atoms with Gasteiger partial charge in [-0.1, -0.05) is 13.3 Å². The number of carbonyl (C=O) groups is 1. The zero-order chi connectivity index (χ0) is 13.7. The van der Waals surface area contributed by atoms with Crippen molar-refractivity contribution >= 4 is 11.6 Å². The maximum Gasteiger partial charge on any atom is 0.256 e. The molecule has 1 amide bonds. The van der Waals surface area contributed by atoms with E-state index in [0.29, 0.717) is 17.0 Å². The van der Waals surface area contributed by atoms with Crippen LogP contribution in [0.5, 0.6) is 5.75 Å². The van der Waals surface area contributed by atoms with Crippen LogP contribution in [0.15, 0.2) is 18.2 Å². The zero-order valence-corrected chi connectivity index (χ0v) is 11.6. The molecule has 0 heterocycles. The molecule has 1 rings (SSSR count). The predicted octanol–water partition coefficient (Wildman–Crippen LogP) is 2.54. The molecule has 0 saturated carbocycles. The van der Waals surface area contributed by atoms with Crippen LogP contribution >= 0.6 is 0 Å². The van der Waals surface area contributed by atoms with Gasteiger partial charge in [0.15, 0.2) is 0 Å². The van der Waals surface area contributed by atoms with Crippen molar-refractivity contribution in [2.45, 2.75) is 32.7 Å². The summed E-state index contributed by atoms with van der Waals surface area (Å²) in [6.07, 6.45) is 2.03. The van der Waals surface area contributed by atoms with Gasteiger partial charge in [0.2, 0.25) is 0 Å². The smallest absolute Gasteiger partial charge is 0.256 e. The van der Waals surface area contributed by atoms with Crippen molar-refractivity contribution in [2.75, 3.05) is 19.9 Å². The van der Waals surface area contributed by atoms with Crippen LogP contribution in [0, 0.1) is 0 Å². The second-order valence-corrected chi connectivity index (χ2v) is 4.51. The van der Waals surface area contributed by atoms with Crippen LogP contribution in [-0.4, -0.2) is 31.0 Å². The first kappa shape index (κ1) is 14.4. The Bertz CT molecular complexity index is 418. The Labute approximate surface area is 109 Å². The van der Waals surface area contributed by atoms with E-state index < -0.39 is 0 Å². The molecule has 100 valence electrons. The molecule has 0 fully saturated rings. The Balaban J connectivity index is 2.95. The van der Waals surface area contributed by atoms with E-state index in [1.54, 1.807) is 30.2 Å². The van der Waals surface area contributed by atoms with E-state index >= 15 is 0 Å². The lowest BCUT2D eigenvalue weighted by Crippen LogP contribution is -2.35. The number of ether oxygens (including phenoxy) is 1. The molecule has 0 aliphatic carbocycles. The Morgan fingerprint density at radius 1 is 1.50 bits per heavy atom. The predicted molar refractivity (Wildman–Crippen MR) is 73.9 cm³/mol. The van der Waals surface area contributed by atoms with Crippen LogP contribution in [0.4, 0.5) is 5.69 Å². The number of nitrogen functional groups attached to an aromatic ring is 1. The number of methoxy groups -OCH3 is 1. The number of anilines is 1. The van der Waals surface area contributed by atoms with Crippen LogP contribution < -0.4 is 10.5 Å². The number of carbonyl (C=O) groups excluding carboxylic acids is 1. The van der Waals surface area contributed by atoms with E-state index in [2.05, 4.69) is 6.92 Å². The number of nitrogens with two attached hydrogens (primary N) is 1. The van der Waals surface area contributed by atoms with E-state index in [-0.39, 0.29) is 11.9 Å². The van der Waals surface area contributed by atoms with Gasteiger partial charge in [-0.15, -0.1) is 0 Å². The van der Waals surface area contributed by atoms with Gasteiger partial charge < -0.3 is 15.4 Å². The summed E-state index contributed by atoms with van der Waals surface area (Å²) in [4.78, 5) is 14.1. The Morgan fingerprint density at radius 3 is 2.72 bits per heavy atom. The minimum Gasteiger partial charge on any atom is -0.497 e. The lowest BCUT2D eigenvalue weighted by Gasteiger charge is -2.25. The average molecular weight is 250 g/mol. The first-order valence-electron chi connectivity index (χ1n) is 6.21. The summed E-state index contributed by atoms with van der Waals surface area (Å²) in [6, 6.07) is 5.34. The summed E-state index contributed by atoms with van der Waals surface area (Å²) in [7, 11) is 3.38. The molecule has 2 N–H and O–H groups in total. The van der Waals surface area contributed by atoms with E-state index in [4.69, 9.17) is 10.5 Å². The van der Waals surface area contributed by atoms with Crippen molar-refractivity contribution in [3.63, 3.8) is 0 Å². The van der Waals surface area contributed by atoms with Crippen molar-refractivity contribution in [2.24, 2.45) is 0 Å². The first-order chi connectivity index (χ1) is 8.51. The maximum atomic E-state index is 12.3. The van der Waals surface area contributed by atoms with Gasteiger partial charge in [0.1, 0.15) is 5.75 Å². The normalized spacial score (nSPS) is 12.0. The monoisotopic (exact) mass is 250 g/mol. The van der Waals surface area contributed by atoms with Gasteiger partial charge in [-0.25, -0.2) is 0 Å². The number of hydrogen-bond donors (Lipinski definition) is 1. The van der Waals surface area contributed by atoms with Gasteiger partial charge in [0.25, 0.3) is 5.91 Å². The van der Waals surface area contributed by atoms with E-state index in [1.165, 1.54) is 0 Å². The minimum atomic E-state index is -0.0626. The molecule has 4 nitrogen and oxygen atoms in total. The van der Waals surface area contributed by atoms with Crippen LogP contribution in [0.25, 0.3) is 0 Å². The molecule has 1 aromatic carbocycles. The largest absolute Gasteiger partial charge is 0.497 e. The summed E-state index contributed by atoms with van der Waals surface area (Å²) < 4.78 is 5.12. The molecule has 1 atom stereocenters. The van der Waals surface area contributed by atoms with Gasteiger partial charge in [-0.05, 0) is 31.5 Å². The number of benzene rings is 1. The van der Waals surface area contributed by atoms with E-state index in [1.807, 2.05) is 14.0 Å². The molecular formula is C14H22N2O2. The molecule has 0 aromatic heterocycles.